The van der Waals surface area contributed by atoms with Gasteiger partial charge in [-0.25, -0.2) is 0 Å². The minimum absolute atomic E-state index is 0.0587. The molecule has 0 unspecified atom stereocenters. The van der Waals surface area contributed by atoms with Crippen molar-refractivity contribution in [3.63, 3.8) is 0 Å². The molecule has 2 saturated carbocycles. The molecule has 4 fully saturated rings. The van der Waals surface area contributed by atoms with Crippen molar-refractivity contribution < 1.29 is 14.3 Å². The highest BCUT2D eigenvalue weighted by Crippen LogP contribution is 2.61. The number of piperidine rings is 1. The minimum atomic E-state index is -0.0587. The summed E-state index contributed by atoms with van der Waals surface area (Å²) in [6.07, 6.45) is 13.9. The molecule has 46 heavy (non-hydrogen) atoms. The number of fused-ring (bicyclic) bond motifs is 5. The second-order valence-corrected chi connectivity index (χ2v) is 16.4. The molecular weight excluding hydrogens is 566 g/mol. The van der Waals surface area contributed by atoms with Gasteiger partial charge in [-0.15, -0.1) is 0 Å². The van der Waals surface area contributed by atoms with Crippen molar-refractivity contribution in [2.45, 2.75) is 116 Å². The van der Waals surface area contributed by atoms with Crippen molar-refractivity contribution in [2.75, 3.05) is 6.54 Å². The molecule has 0 bridgehead atoms. The van der Waals surface area contributed by atoms with Gasteiger partial charge in [0.05, 0.1) is 11.7 Å². The highest BCUT2D eigenvalue weighted by molar-refractivity contribution is 5.91. The molecule has 0 N–H and O–H groups in total. The third-order valence-corrected chi connectivity index (χ3v) is 13.7. The SMILES string of the molecule is CC1=C2C[C@H]3[C@@H](CCC4=CC(=O)CC[C@@]43C)C[C@@H]2CC[C@@]2(C1)O[C@@H]1C[C@H](C)CN(Cc3ccc(Oc4ccccc4)cc3)[C@H]1[C@H]2C. The summed E-state index contributed by atoms with van der Waals surface area (Å²) < 4.78 is 13.5. The third-order valence-electron chi connectivity index (χ3n) is 13.7. The number of allylic oxidation sites excluding steroid dienone is 3. The minimum Gasteiger partial charge on any atom is -0.457 e. The molecule has 6 aliphatic rings. The Morgan fingerprint density at radius 3 is 2.54 bits per heavy atom. The van der Waals surface area contributed by atoms with Gasteiger partial charge in [-0.05, 0) is 130 Å². The van der Waals surface area contributed by atoms with Crippen LogP contribution in [0.25, 0.3) is 0 Å². The summed E-state index contributed by atoms with van der Waals surface area (Å²) in [5.74, 6) is 5.46. The number of hydrogen-bond acceptors (Lipinski definition) is 4. The van der Waals surface area contributed by atoms with Crippen LogP contribution in [0.2, 0.25) is 0 Å². The lowest BCUT2D eigenvalue weighted by Gasteiger charge is -2.53. The van der Waals surface area contributed by atoms with Crippen LogP contribution in [-0.4, -0.2) is 35.0 Å². The first-order valence-corrected chi connectivity index (χ1v) is 18.4. The van der Waals surface area contributed by atoms with E-state index in [-0.39, 0.29) is 11.0 Å². The fraction of sp³-hybridized carbons (Fsp3) is 0.595. The lowest BCUT2D eigenvalue weighted by atomic mass is 9.51. The van der Waals surface area contributed by atoms with Crippen LogP contribution in [0.5, 0.6) is 11.5 Å². The normalized spacial score (nSPS) is 39.2. The van der Waals surface area contributed by atoms with E-state index in [1.54, 1.807) is 11.1 Å². The van der Waals surface area contributed by atoms with Crippen molar-refractivity contribution in [2.24, 2.45) is 35.0 Å². The van der Waals surface area contributed by atoms with E-state index in [2.05, 4.69) is 56.9 Å². The number of para-hydroxylation sites is 1. The summed E-state index contributed by atoms with van der Waals surface area (Å²) in [5, 5.41) is 0. The highest BCUT2D eigenvalue weighted by atomic mass is 16.5. The van der Waals surface area contributed by atoms with Gasteiger partial charge in [0.2, 0.25) is 0 Å². The molecule has 4 nitrogen and oxygen atoms in total. The second-order valence-electron chi connectivity index (χ2n) is 16.4. The molecule has 8 rings (SSSR count). The molecule has 0 aromatic heterocycles. The zero-order valence-corrected chi connectivity index (χ0v) is 28.5. The molecular formula is C42H53NO3. The van der Waals surface area contributed by atoms with Crippen molar-refractivity contribution >= 4 is 5.78 Å². The lowest BCUT2D eigenvalue weighted by molar-refractivity contribution is -0.116. The lowest BCUT2D eigenvalue weighted by Crippen LogP contribution is -2.51. The van der Waals surface area contributed by atoms with E-state index in [9.17, 15) is 4.79 Å². The van der Waals surface area contributed by atoms with Crippen LogP contribution in [0.4, 0.5) is 0 Å². The number of carbonyl (C=O) groups excluding carboxylic acids is 1. The Balaban J connectivity index is 1.01. The maximum Gasteiger partial charge on any atom is 0.155 e. The molecule has 9 atom stereocenters. The predicted molar refractivity (Wildman–Crippen MR) is 184 cm³/mol. The molecule has 4 aliphatic carbocycles. The highest BCUT2D eigenvalue weighted by Gasteiger charge is 2.57. The fourth-order valence-corrected chi connectivity index (χ4v) is 11.3. The second kappa shape index (κ2) is 11.8. The molecule has 0 radical (unpaired) electrons. The summed E-state index contributed by atoms with van der Waals surface area (Å²) in [6.45, 7) is 12.0. The number of hydrogen-bond donors (Lipinski definition) is 0. The average Bonchev–Trinajstić information content (AvgIpc) is 3.23. The summed E-state index contributed by atoms with van der Waals surface area (Å²) in [7, 11) is 0. The van der Waals surface area contributed by atoms with E-state index in [1.165, 1.54) is 49.7 Å². The first-order chi connectivity index (χ1) is 22.2. The molecule has 244 valence electrons. The van der Waals surface area contributed by atoms with E-state index in [1.807, 2.05) is 36.4 Å². The maximum atomic E-state index is 12.3. The molecule has 2 aromatic rings. The fourth-order valence-electron chi connectivity index (χ4n) is 11.3. The average molecular weight is 620 g/mol. The van der Waals surface area contributed by atoms with Gasteiger partial charge >= 0.3 is 0 Å². The number of benzene rings is 2. The van der Waals surface area contributed by atoms with E-state index >= 15 is 0 Å². The van der Waals surface area contributed by atoms with Crippen LogP contribution in [0.3, 0.4) is 0 Å². The Labute approximate surface area is 276 Å². The summed E-state index contributed by atoms with van der Waals surface area (Å²) in [4.78, 5) is 15.1. The topological polar surface area (TPSA) is 38.8 Å². The Bertz CT molecular complexity index is 1530. The Morgan fingerprint density at radius 1 is 0.957 bits per heavy atom. The van der Waals surface area contributed by atoms with E-state index in [0.29, 0.717) is 41.6 Å². The molecule has 2 saturated heterocycles. The van der Waals surface area contributed by atoms with Gasteiger partial charge in [-0.3, -0.25) is 9.69 Å². The first kappa shape index (κ1) is 30.6. The van der Waals surface area contributed by atoms with E-state index in [4.69, 9.17) is 9.47 Å². The summed E-state index contributed by atoms with van der Waals surface area (Å²) in [5.41, 5.74) is 6.37. The summed E-state index contributed by atoms with van der Waals surface area (Å²) >= 11 is 0. The molecule has 2 aromatic carbocycles. The summed E-state index contributed by atoms with van der Waals surface area (Å²) in [6, 6.07) is 19.2. The predicted octanol–water partition coefficient (Wildman–Crippen LogP) is 9.70. The first-order valence-electron chi connectivity index (χ1n) is 18.4. The van der Waals surface area contributed by atoms with Crippen molar-refractivity contribution in [1.29, 1.82) is 0 Å². The Hall–Kier alpha value is -2.69. The monoisotopic (exact) mass is 619 g/mol. The zero-order valence-electron chi connectivity index (χ0n) is 28.5. The van der Waals surface area contributed by atoms with Gasteiger partial charge in [0.1, 0.15) is 11.5 Å². The van der Waals surface area contributed by atoms with Gasteiger partial charge in [0.25, 0.3) is 0 Å². The van der Waals surface area contributed by atoms with Crippen LogP contribution < -0.4 is 4.74 Å². The van der Waals surface area contributed by atoms with Gasteiger partial charge in [-0.2, -0.15) is 0 Å². The number of ether oxygens (including phenoxy) is 2. The molecule has 4 heteroatoms. The largest absolute Gasteiger partial charge is 0.457 e. The van der Waals surface area contributed by atoms with Crippen LogP contribution in [0.15, 0.2) is 77.4 Å². The van der Waals surface area contributed by atoms with Gasteiger partial charge in [0, 0.05) is 31.5 Å². The molecule has 2 aliphatic heterocycles. The third kappa shape index (κ3) is 5.32. The quantitative estimate of drug-likeness (QED) is 0.320. The van der Waals surface area contributed by atoms with Crippen LogP contribution in [0.1, 0.15) is 97.5 Å². The van der Waals surface area contributed by atoms with Crippen LogP contribution in [-0.2, 0) is 16.1 Å². The van der Waals surface area contributed by atoms with E-state index < -0.39 is 0 Å². The smallest absolute Gasteiger partial charge is 0.155 e. The number of carbonyl (C=O) groups is 1. The number of nitrogens with zero attached hydrogens (tertiary/aromatic N) is 1. The Kier molecular flexibility index (Phi) is 7.84. The number of rotatable bonds is 4. The Morgan fingerprint density at radius 2 is 1.74 bits per heavy atom. The maximum absolute atomic E-state index is 12.3. The van der Waals surface area contributed by atoms with Gasteiger partial charge in [0.15, 0.2) is 5.78 Å². The standard InChI is InChI=1S/C42H53NO3/c1-27-20-39-40(43(25-27)26-30-10-14-36(15-11-30)45-35-8-6-5-7-9-35)29(3)42(46-39)19-16-31-21-32-12-13-33-22-34(44)17-18-41(33,4)38(32)23-37(31)28(2)24-42/h5-11,14-15,22,27,29,31-32,38-40H,12-13,16-21,23-26H2,1-4H3/t27-,29+,31-,32-,38-,39+,40-,41-,42-/m0/s1. The molecule has 0 amide bonds. The van der Waals surface area contributed by atoms with Crippen LogP contribution in [0, 0.1) is 35.0 Å². The van der Waals surface area contributed by atoms with Gasteiger partial charge < -0.3 is 9.47 Å². The zero-order chi connectivity index (χ0) is 31.6. The number of likely N-dealkylation sites (tertiary alicyclic amines) is 1. The van der Waals surface area contributed by atoms with E-state index in [0.717, 1.165) is 56.2 Å². The van der Waals surface area contributed by atoms with Crippen LogP contribution >= 0.6 is 0 Å². The molecule has 1 spiro atoms. The van der Waals surface area contributed by atoms with Crippen molar-refractivity contribution in [1.82, 2.24) is 4.90 Å². The van der Waals surface area contributed by atoms with Gasteiger partial charge in [-0.1, -0.05) is 67.8 Å². The van der Waals surface area contributed by atoms with Crippen molar-refractivity contribution in [3.8, 4) is 11.5 Å². The molecule has 2 heterocycles. The number of ketones is 1. The van der Waals surface area contributed by atoms with Crippen molar-refractivity contribution in [3.05, 3.63) is 83.0 Å².